The number of hydrogen-bond donors (Lipinski definition) is 2. The van der Waals surface area contributed by atoms with Crippen LogP contribution in [0.5, 0.6) is 11.5 Å². The second-order valence-corrected chi connectivity index (χ2v) is 7.17. The first-order valence-corrected chi connectivity index (χ1v) is 10.1. The Hall–Kier alpha value is -2.23. The van der Waals surface area contributed by atoms with Crippen LogP contribution in [0.1, 0.15) is 36.8 Å². The third-order valence-electron chi connectivity index (χ3n) is 5.09. The summed E-state index contributed by atoms with van der Waals surface area (Å²) in [6.45, 7) is 3.25. The van der Waals surface area contributed by atoms with Gasteiger partial charge in [0.1, 0.15) is 5.82 Å². The Labute approximate surface area is 196 Å². The van der Waals surface area contributed by atoms with Gasteiger partial charge in [0.15, 0.2) is 17.5 Å². The summed E-state index contributed by atoms with van der Waals surface area (Å²) >= 11 is 0. The highest BCUT2D eigenvalue weighted by Gasteiger charge is 2.11. The van der Waals surface area contributed by atoms with E-state index in [0.29, 0.717) is 30.5 Å². The van der Waals surface area contributed by atoms with Crippen LogP contribution in [0.2, 0.25) is 0 Å². The highest BCUT2D eigenvalue weighted by Crippen LogP contribution is 2.27. The van der Waals surface area contributed by atoms with Crippen molar-refractivity contribution in [1.82, 2.24) is 10.3 Å². The largest absolute Gasteiger partial charge is 0.493 e. The number of benzene rings is 1. The molecule has 0 spiro atoms. The number of halogens is 1. The monoisotopic (exact) mass is 525 g/mol. The van der Waals surface area contributed by atoms with Crippen LogP contribution in [0.3, 0.4) is 0 Å². The quantitative estimate of drug-likeness (QED) is 0.326. The number of methoxy groups -OCH3 is 2. The highest BCUT2D eigenvalue weighted by atomic mass is 127. The van der Waals surface area contributed by atoms with E-state index >= 15 is 0 Å². The second kappa shape index (κ2) is 12.5. The van der Waals surface area contributed by atoms with E-state index in [4.69, 9.17) is 15.2 Å². The van der Waals surface area contributed by atoms with Gasteiger partial charge in [-0.05, 0) is 48.2 Å². The molecule has 2 aromatic rings. The minimum atomic E-state index is 0. The first kappa shape index (κ1) is 24.0. The molecule has 1 aliphatic rings. The molecule has 1 saturated heterocycles. The van der Waals surface area contributed by atoms with Crippen LogP contribution >= 0.6 is 24.0 Å². The maximum atomic E-state index is 6.05. The van der Waals surface area contributed by atoms with E-state index in [1.807, 2.05) is 30.5 Å². The molecule has 0 amide bonds. The van der Waals surface area contributed by atoms with Gasteiger partial charge in [0.2, 0.25) is 0 Å². The minimum Gasteiger partial charge on any atom is -0.493 e. The first-order chi connectivity index (χ1) is 14.2. The summed E-state index contributed by atoms with van der Waals surface area (Å²) in [6, 6.07) is 9.88. The number of aromatic nitrogens is 1. The normalized spacial score (nSPS) is 14.5. The lowest BCUT2D eigenvalue weighted by Crippen LogP contribution is -2.31. The van der Waals surface area contributed by atoms with Crippen LogP contribution in [-0.4, -0.2) is 38.3 Å². The van der Waals surface area contributed by atoms with Crippen LogP contribution in [-0.2, 0) is 13.1 Å². The molecule has 1 aromatic heterocycles. The molecule has 7 nitrogen and oxygen atoms in total. The summed E-state index contributed by atoms with van der Waals surface area (Å²) in [5, 5.41) is 3.19. The average molecular weight is 525 g/mol. The van der Waals surface area contributed by atoms with Gasteiger partial charge in [0.05, 0.1) is 20.8 Å². The molecular formula is C22H32IN5O2. The summed E-state index contributed by atoms with van der Waals surface area (Å²) in [5.41, 5.74) is 8.20. The van der Waals surface area contributed by atoms with Crippen molar-refractivity contribution in [2.45, 2.75) is 38.8 Å². The van der Waals surface area contributed by atoms with Crippen molar-refractivity contribution in [1.29, 1.82) is 0 Å². The lowest BCUT2D eigenvalue weighted by Gasteiger charge is -2.21. The maximum Gasteiger partial charge on any atom is 0.189 e. The fourth-order valence-corrected chi connectivity index (χ4v) is 3.45. The Kier molecular flexibility index (Phi) is 9.99. The predicted octanol–water partition coefficient (Wildman–Crippen LogP) is 3.70. The molecule has 1 aliphatic heterocycles. The first-order valence-electron chi connectivity index (χ1n) is 10.1. The van der Waals surface area contributed by atoms with Gasteiger partial charge in [0, 0.05) is 25.8 Å². The average Bonchev–Trinajstić information content (AvgIpc) is 3.06. The topological polar surface area (TPSA) is 85.0 Å². The predicted molar refractivity (Wildman–Crippen MR) is 132 cm³/mol. The fraction of sp³-hybridized carbons (Fsp3) is 0.455. The van der Waals surface area contributed by atoms with E-state index in [2.05, 4.69) is 26.3 Å². The Balaban J connectivity index is 0.00000320. The third kappa shape index (κ3) is 6.93. The molecule has 0 aliphatic carbocycles. The zero-order valence-electron chi connectivity index (χ0n) is 17.8. The van der Waals surface area contributed by atoms with Crippen LogP contribution in [0.15, 0.2) is 41.5 Å². The lowest BCUT2D eigenvalue weighted by molar-refractivity contribution is 0.354. The molecule has 1 fully saturated rings. The zero-order chi connectivity index (χ0) is 20.5. The molecule has 3 N–H and O–H groups in total. The number of guanidine groups is 1. The fourth-order valence-electron chi connectivity index (χ4n) is 3.45. The van der Waals surface area contributed by atoms with Gasteiger partial charge in [-0.1, -0.05) is 18.9 Å². The van der Waals surface area contributed by atoms with Gasteiger partial charge in [-0.3, -0.25) is 0 Å². The van der Waals surface area contributed by atoms with Gasteiger partial charge in [-0.25, -0.2) is 9.98 Å². The van der Waals surface area contributed by atoms with Crippen LogP contribution in [0, 0.1) is 0 Å². The van der Waals surface area contributed by atoms with Crippen molar-refractivity contribution < 1.29 is 9.47 Å². The van der Waals surface area contributed by atoms with Crippen LogP contribution < -0.4 is 25.4 Å². The molecule has 164 valence electrons. The summed E-state index contributed by atoms with van der Waals surface area (Å²) in [4.78, 5) is 11.4. The van der Waals surface area contributed by atoms with E-state index in [1.165, 1.54) is 25.7 Å². The minimum absolute atomic E-state index is 0. The van der Waals surface area contributed by atoms with E-state index < -0.39 is 0 Å². The third-order valence-corrected chi connectivity index (χ3v) is 5.09. The number of pyridine rings is 1. The summed E-state index contributed by atoms with van der Waals surface area (Å²) < 4.78 is 10.6. The van der Waals surface area contributed by atoms with E-state index in [1.54, 1.807) is 14.2 Å². The number of nitrogens with two attached hydrogens (primary N) is 1. The van der Waals surface area contributed by atoms with Crippen molar-refractivity contribution in [2.75, 3.05) is 32.2 Å². The maximum absolute atomic E-state index is 6.05. The SMILES string of the molecule is COc1ccc(CN=C(N)NCc2ccnc(N3CCCCCC3)c2)cc1OC.I. The Morgan fingerprint density at radius 3 is 2.47 bits per heavy atom. The summed E-state index contributed by atoms with van der Waals surface area (Å²) in [5.74, 6) is 2.84. The van der Waals surface area contributed by atoms with E-state index in [-0.39, 0.29) is 24.0 Å². The van der Waals surface area contributed by atoms with Gasteiger partial charge >= 0.3 is 0 Å². The number of anilines is 1. The van der Waals surface area contributed by atoms with E-state index in [9.17, 15) is 0 Å². The highest BCUT2D eigenvalue weighted by molar-refractivity contribution is 14.0. The van der Waals surface area contributed by atoms with Crippen LogP contribution in [0.4, 0.5) is 5.82 Å². The molecule has 0 saturated carbocycles. The molecule has 8 heteroatoms. The van der Waals surface area contributed by atoms with Crippen molar-refractivity contribution in [2.24, 2.45) is 10.7 Å². The molecule has 0 radical (unpaired) electrons. The molecule has 0 bridgehead atoms. The smallest absolute Gasteiger partial charge is 0.189 e. The Morgan fingerprint density at radius 1 is 1.03 bits per heavy atom. The van der Waals surface area contributed by atoms with Crippen molar-refractivity contribution in [3.8, 4) is 11.5 Å². The van der Waals surface area contributed by atoms with E-state index in [0.717, 1.165) is 30.0 Å². The molecule has 3 rings (SSSR count). The number of rotatable bonds is 7. The number of hydrogen-bond acceptors (Lipinski definition) is 5. The molecule has 2 heterocycles. The standard InChI is InChI=1S/C22H31N5O2.HI/c1-28-19-8-7-17(13-20(19)29-2)15-25-22(23)26-16-18-9-10-24-21(14-18)27-11-5-3-4-6-12-27;/h7-10,13-14H,3-6,11-12,15-16H2,1-2H3,(H3,23,25,26);1H. The molecular weight excluding hydrogens is 493 g/mol. The van der Waals surface area contributed by atoms with Gasteiger partial charge in [0.25, 0.3) is 0 Å². The van der Waals surface area contributed by atoms with Crippen molar-refractivity contribution in [3.05, 3.63) is 47.7 Å². The van der Waals surface area contributed by atoms with Gasteiger partial charge in [-0.2, -0.15) is 0 Å². The molecule has 1 aromatic carbocycles. The second-order valence-electron chi connectivity index (χ2n) is 7.17. The Bertz CT molecular complexity index is 823. The zero-order valence-corrected chi connectivity index (χ0v) is 20.1. The van der Waals surface area contributed by atoms with Crippen molar-refractivity contribution in [3.63, 3.8) is 0 Å². The molecule has 0 unspecified atom stereocenters. The van der Waals surface area contributed by atoms with Crippen LogP contribution in [0.25, 0.3) is 0 Å². The van der Waals surface area contributed by atoms with Gasteiger partial charge in [-0.15, -0.1) is 24.0 Å². The number of ether oxygens (including phenoxy) is 2. The summed E-state index contributed by atoms with van der Waals surface area (Å²) in [7, 11) is 3.24. The van der Waals surface area contributed by atoms with Crippen molar-refractivity contribution >= 4 is 35.8 Å². The summed E-state index contributed by atoms with van der Waals surface area (Å²) in [6.07, 6.45) is 6.96. The Morgan fingerprint density at radius 2 is 1.77 bits per heavy atom. The number of aliphatic imine (C=N–C) groups is 1. The molecule has 30 heavy (non-hydrogen) atoms. The lowest BCUT2D eigenvalue weighted by atomic mass is 10.2. The number of nitrogens with one attached hydrogen (secondary N) is 1. The van der Waals surface area contributed by atoms with Gasteiger partial charge < -0.3 is 25.4 Å². The molecule has 0 atom stereocenters. The number of nitrogens with zero attached hydrogens (tertiary/aromatic N) is 3.